The highest BCUT2D eigenvalue weighted by molar-refractivity contribution is 6.01. The molecule has 1 aromatic carbocycles. The number of nitrogens with two attached hydrogens (primary N) is 1. The van der Waals surface area contributed by atoms with E-state index in [0.717, 1.165) is 12.0 Å². The molecule has 0 unspecified atom stereocenters. The summed E-state index contributed by atoms with van der Waals surface area (Å²) in [4.78, 5) is 37.7. The molecule has 2 rings (SSSR count). The molecule has 22 heavy (non-hydrogen) atoms. The van der Waals surface area contributed by atoms with Gasteiger partial charge in [0.1, 0.15) is 6.54 Å². The Balaban J connectivity index is 1.80. The monoisotopic (exact) mass is 303 g/mol. The predicted octanol–water partition coefficient (Wildman–Crippen LogP) is 1.50. The van der Waals surface area contributed by atoms with Crippen molar-refractivity contribution in [2.75, 3.05) is 13.1 Å². The Hall–Kier alpha value is -2.37. The standard InChI is InChI=1S/C16H21N3O3/c17-14(20)9-5-2-6-10-19-15(21)12-18(16(19)22)11-13-7-3-1-4-8-13/h1,3-4,7-8H,2,5-6,9-12H2,(H2,17,20). The molecule has 1 fully saturated rings. The second-order valence-electron chi connectivity index (χ2n) is 5.45. The van der Waals surface area contributed by atoms with Crippen molar-refractivity contribution in [3.05, 3.63) is 35.9 Å². The first-order valence-electron chi connectivity index (χ1n) is 7.49. The van der Waals surface area contributed by atoms with Crippen LogP contribution in [-0.2, 0) is 16.1 Å². The average molecular weight is 303 g/mol. The summed E-state index contributed by atoms with van der Waals surface area (Å²) in [6.45, 7) is 0.986. The van der Waals surface area contributed by atoms with Gasteiger partial charge in [-0.05, 0) is 18.4 Å². The summed E-state index contributed by atoms with van der Waals surface area (Å²) in [5.41, 5.74) is 6.07. The van der Waals surface area contributed by atoms with Gasteiger partial charge in [0.2, 0.25) is 11.8 Å². The quantitative estimate of drug-likeness (QED) is 0.583. The molecule has 118 valence electrons. The Labute approximate surface area is 129 Å². The number of imide groups is 1. The molecule has 2 N–H and O–H groups in total. The van der Waals surface area contributed by atoms with Gasteiger partial charge < -0.3 is 10.6 Å². The van der Waals surface area contributed by atoms with Crippen LogP contribution in [0, 0.1) is 0 Å². The van der Waals surface area contributed by atoms with Gasteiger partial charge in [0, 0.05) is 19.5 Å². The molecule has 4 amide bonds. The van der Waals surface area contributed by atoms with Crippen molar-refractivity contribution < 1.29 is 14.4 Å². The number of benzene rings is 1. The maximum absolute atomic E-state index is 12.2. The van der Waals surface area contributed by atoms with Gasteiger partial charge in [0.15, 0.2) is 0 Å². The number of rotatable bonds is 8. The lowest BCUT2D eigenvalue weighted by Crippen LogP contribution is -2.33. The second-order valence-corrected chi connectivity index (χ2v) is 5.45. The van der Waals surface area contributed by atoms with Crippen LogP contribution in [0.2, 0.25) is 0 Å². The van der Waals surface area contributed by atoms with E-state index in [0.29, 0.717) is 32.4 Å². The number of nitrogens with zero attached hydrogens (tertiary/aromatic N) is 2. The second kappa shape index (κ2) is 7.59. The van der Waals surface area contributed by atoms with Crippen molar-refractivity contribution in [2.24, 2.45) is 5.73 Å². The summed E-state index contributed by atoms with van der Waals surface area (Å²) < 4.78 is 0. The molecule has 1 aliphatic rings. The van der Waals surface area contributed by atoms with Crippen molar-refractivity contribution in [3.8, 4) is 0 Å². The van der Waals surface area contributed by atoms with E-state index in [-0.39, 0.29) is 24.4 Å². The van der Waals surface area contributed by atoms with Crippen molar-refractivity contribution in [3.63, 3.8) is 0 Å². The van der Waals surface area contributed by atoms with E-state index in [4.69, 9.17) is 5.73 Å². The maximum atomic E-state index is 12.2. The van der Waals surface area contributed by atoms with Gasteiger partial charge in [-0.1, -0.05) is 36.8 Å². The van der Waals surface area contributed by atoms with Crippen LogP contribution < -0.4 is 5.73 Å². The molecule has 6 heteroatoms. The minimum atomic E-state index is -0.317. The van der Waals surface area contributed by atoms with E-state index in [1.54, 1.807) is 4.90 Å². The van der Waals surface area contributed by atoms with Gasteiger partial charge in [-0.25, -0.2) is 4.79 Å². The van der Waals surface area contributed by atoms with Crippen LogP contribution in [0.5, 0.6) is 0 Å². The van der Waals surface area contributed by atoms with Crippen LogP contribution in [0.25, 0.3) is 0 Å². The number of unbranched alkanes of at least 4 members (excludes halogenated alkanes) is 2. The zero-order valence-corrected chi connectivity index (χ0v) is 12.5. The normalized spacial score (nSPS) is 14.7. The van der Waals surface area contributed by atoms with Gasteiger partial charge in [-0.2, -0.15) is 0 Å². The van der Waals surface area contributed by atoms with E-state index < -0.39 is 0 Å². The van der Waals surface area contributed by atoms with E-state index in [1.165, 1.54) is 4.90 Å². The lowest BCUT2D eigenvalue weighted by Gasteiger charge is -2.17. The first-order chi connectivity index (χ1) is 10.6. The highest BCUT2D eigenvalue weighted by Gasteiger charge is 2.35. The first-order valence-corrected chi connectivity index (χ1v) is 7.49. The minimum Gasteiger partial charge on any atom is -0.370 e. The Kier molecular flexibility index (Phi) is 5.52. The average Bonchev–Trinajstić information content (AvgIpc) is 2.75. The van der Waals surface area contributed by atoms with Crippen molar-refractivity contribution >= 4 is 17.8 Å². The Morgan fingerprint density at radius 2 is 1.82 bits per heavy atom. The summed E-state index contributed by atoms with van der Waals surface area (Å²) in [5.74, 6) is -0.474. The molecule has 0 radical (unpaired) electrons. The van der Waals surface area contributed by atoms with Crippen molar-refractivity contribution in [1.29, 1.82) is 0 Å². The number of primary amides is 1. The van der Waals surface area contributed by atoms with Crippen molar-refractivity contribution in [2.45, 2.75) is 32.2 Å². The molecule has 0 aromatic heterocycles. The summed E-state index contributed by atoms with van der Waals surface area (Å²) in [6, 6.07) is 9.37. The number of carbonyl (C=O) groups excluding carboxylic acids is 3. The zero-order valence-electron chi connectivity index (χ0n) is 12.5. The topological polar surface area (TPSA) is 83.7 Å². The molecule has 0 atom stereocenters. The van der Waals surface area contributed by atoms with Gasteiger partial charge in [-0.15, -0.1) is 0 Å². The third-order valence-corrected chi connectivity index (χ3v) is 3.65. The molecular weight excluding hydrogens is 282 g/mol. The number of amides is 4. The highest BCUT2D eigenvalue weighted by atomic mass is 16.2. The molecule has 1 heterocycles. The summed E-state index contributed by atoms with van der Waals surface area (Å²) in [5, 5.41) is 0. The zero-order chi connectivity index (χ0) is 15.9. The molecule has 0 spiro atoms. The fourth-order valence-electron chi connectivity index (χ4n) is 2.49. The molecule has 6 nitrogen and oxygen atoms in total. The molecule has 1 aliphatic heterocycles. The van der Waals surface area contributed by atoms with E-state index in [9.17, 15) is 14.4 Å². The lowest BCUT2D eigenvalue weighted by molar-refractivity contribution is -0.125. The van der Waals surface area contributed by atoms with Crippen molar-refractivity contribution in [1.82, 2.24) is 9.80 Å². The number of urea groups is 1. The third-order valence-electron chi connectivity index (χ3n) is 3.65. The number of carbonyl (C=O) groups is 3. The fourth-order valence-corrected chi connectivity index (χ4v) is 2.49. The molecule has 1 saturated heterocycles. The van der Waals surface area contributed by atoms with Crippen LogP contribution in [0.3, 0.4) is 0 Å². The molecule has 1 aromatic rings. The largest absolute Gasteiger partial charge is 0.370 e. The smallest absolute Gasteiger partial charge is 0.327 e. The molecule has 0 aliphatic carbocycles. The summed E-state index contributed by atoms with van der Waals surface area (Å²) in [6.07, 6.45) is 2.52. The molecule has 0 bridgehead atoms. The predicted molar refractivity (Wildman–Crippen MR) is 81.6 cm³/mol. The van der Waals surface area contributed by atoms with E-state index in [2.05, 4.69) is 0 Å². The van der Waals surface area contributed by atoms with Crippen LogP contribution in [0.4, 0.5) is 4.79 Å². The van der Waals surface area contributed by atoms with Crippen LogP contribution in [0.15, 0.2) is 30.3 Å². The molecular formula is C16H21N3O3. The third kappa shape index (κ3) is 4.31. The van der Waals surface area contributed by atoms with E-state index >= 15 is 0 Å². The minimum absolute atomic E-state index is 0.134. The van der Waals surface area contributed by atoms with Crippen LogP contribution >= 0.6 is 0 Å². The Morgan fingerprint density at radius 3 is 2.50 bits per heavy atom. The van der Waals surface area contributed by atoms with Gasteiger partial charge in [0.25, 0.3) is 0 Å². The Bertz CT molecular complexity index is 545. The van der Waals surface area contributed by atoms with Gasteiger partial charge in [-0.3, -0.25) is 14.5 Å². The Morgan fingerprint density at radius 1 is 1.09 bits per heavy atom. The SMILES string of the molecule is NC(=O)CCCCCN1C(=O)CN(Cc2ccccc2)C1=O. The fraction of sp³-hybridized carbons (Fsp3) is 0.438. The summed E-state index contributed by atoms with van der Waals surface area (Å²) in [7, 11) is 0. The number of hydrogen-bond donors (Lipinski definition) is 1. The van der Waals surface area contributed by atoms with Gasteiger partial charge >= 0.3 is 6.03 Å². The van der Waals surface area contributed by atoms with Gasteiger partial charge in [0.05, 0.1) is 0 Å². The van der Waals surface area contributed by atoms with Crippen LogP contribution in [0.1, 0.15) is 31.2 Å². The highest BCUT2D eigenvalue weighted by Crippen LogP contribution is 2.15. The number of hydrogen-bond acceptors (Lipinski definition) is 3. The molecule has 0 saturated carbocycles. The lowest BCUT2D eigenvalue weighted by atomic mass is 10.2. The first kappa shape index (κ1) is 16.0. The summed E-state index contributed by atoms with van der Waals surface area (Å²) >= 11 is 0. The maximum Gasteiger partial charge on any atom is 0.327 e. The van der Waals surface area contributed by atoms with Crippen LogP contribution in [-0.4, -0.2) is 40.7 Å². The van der Waals surface area contributed by atoms with E-state index in [1.807, 2.05) is 30.3 Å².